The van der Waals surface area contributed by atoms with Crippen LogP contribution in [0, 0.1) is 5.92 Å². The normalized spacial score (nSPS) is 29.5. The maximum Gasteiger partial charge on any atom is 0.119 e. The molecule has 2 aliphatic heterocycles. The van der Waals surface area contributed by atoms with Gasteiger partial charge in [0.1, 0.15) is 11.9 Å². The Morgan fingerprint density at radius 2 is 2.05 bits per heavy atom. The average Bonchev–Trinajstić information content (AvgIpc) is 2.56. The van der Waals surface area contributed by atoms with Gasteiger partial charge in [-0.2, -0.15) is 0 Å². The first-order chi connectivity index (χ1) is 10.7. The van der Waals surface area contributed by atoms with E-state index >= 15 is 0 Å². The Balaban J connectivity index is 1.58. The number of hydrogen-bond donors (Lipinski definition) is 3. The van der Waals surface area contributed by atoms with Crippen LogP contribution in [0.4, 0.5) is 0 Å². The molecule has 1 saturated carbocycles. The van der Waals surface area contributed by atoms with Crippen molar-refractivity contribution in [2.24, 2.45) is 11.7 Å². The summed E-state index contributed by atoms with van der Waals surface area (Å²) < 4.78 is 6.19. The minimum Gasteiger partial charge on any atom is -0.490 e. The summed E-state index contributed by atoms with van der Waals surface area (Å²) in [4.78, 5) is 2.31. The van der Waals surface area contributed by atoms with E-state index < -0.39 is 6.10 Å². The van der Waals surface area contributed by atoms with Crippen LogP contribution in [-0.2, 0) is 6.54 Å². The van der Waals surface area contributed by atoms with Gasteiger partial charge in [-0.15, -0.1) is 0 Å². The fraction of sp³-hybridized carbons (Fsp3) is 0.647. The van der Waals surface area contributed by atoms with Gasteiger partial charge in [-0.05, 0) is 30.5 Å². The molecule has 3 fully saturated rings. The first-order valence-electron chi connectivity index (χ1n) is 8.18. The van der Waals surface area contributed by atoms with Crippen LogP contribution in [0.1, 0.15) is 24.8 Å². The molecule has 4 unspecified atom stereocenters. The highest BCUT2D eigenvalue weighted by Crippen LogP contribution is 2.37. The lowest BCUT2D eigenvalue weighted by Gasteiger charge is -2.49. The van der Waals surface area contributed by atoms with Crippen molar-refractivity contribution in [3.8, 4) is 5.75 Å². The fourth-order valence-corrected chi connectivity index (χ4v) is 3.74. The molecule has 0 aromatic heterocycles. The minimum absolute atomic E-state index is 0.165. The van der Waals surface area contributed by atoms with E-state index in [1.165, 1.54) is 6.42 Å². The molecule has 2 heterocycles. The minimum atomic E-state index is -0.637. The van der Waals surface area contributed by atoms with E-state index in [1.807, 2.05) is 24.3 Å². The van der Waals surface area contributed by atoms with E-state index in [9.17, 15) is 5.11 Å². The number of aliphatic hydroxyl groups is 2. The monoisotopic (exact) mass is 306 g/mol. The number of benzene rings is 1. The number of piperidine rings is 2. The molecule has 5 nitrogen and oxygen atoms in total. The lowest BCUT2D eigenvalue weighted by molar-refractivity contribution is -0.0575. The lowest BCUT2D eigenvalue weighted by Crippen LogP contribution is -2.57. The second-order valence-electron chi connectivity index (χ2n) is 6.52. The lowest BCUT2D eigenvalue weighted by atomic mass is 9.77. The molecular weight excluding hydrogens is 280 g/mol. The number of rotatable bonds is 6. The zero-order valence-corrected chi connectivity index (χ0v) is 12.9. The molecular formula is C17H26N2O3. The summed E-state index contributed by atoms with van der Waals surface area (Å²) in [5.74, 6) is 1.42. The van der Waals surface area contributed by atoms with Crippen LogP contribution < -0.4 is 10.5 Å². The van der Waals surface area contributed by atoms with Gasteiger partial charge < -0.3 is 20.7 Å². The van der Waals surface area contributed by atoms with Crippen LogP contribution in [0.25, 0.3) is 0 Å². The third kappa shape index (κ3) is 3.43. The highest BCUT2D eigenvalue weighted by molar-refractivity contribution is 5.27. The standard InChI is InChI=1S/C17H26N2O3/c18-8-12-1-5-16(6-2-12)22-17-7-14-4-3-13(17)9-19(14)10-15(21)11-20/h1-2,5-6,13-15,17,20-21H,3-4,7-11,18H2. The average molecular weight is 306 g/mol. The molecule has 0 amide bonds. The van der Waals surface area contributed by atoms with E-state index in [1.54, 1.807) is 0 Å². The van der Waals surface area contributed by atoms with Gasteiger partial charge in [-0.1, -0.05) is 12.1 Å². The molecule has 4 atom stereocenters. The summed E-state index contributed by atoms with van der Waals surface area (Å²) in [6, 6.07) is 8.48. The van der Waals surface area contributed by atoms with E-state index in [4.69, 9.17) is 15.6 Å². The van der Waals surface area contributed by atoms with Crippen molar-refractivity contribution in [3.05, 3.63) is 29.8 Å². The summed E-state index contributed by atoms with van der Waals surface area (Å²) in [7, 11) is 0. The molecule has 1 aromatic carbocycles. The predicted molar refractivity (Wildman–Crippen MR) is 84.5 cm³/mol. The number of ether oxygens (including phenoxy) is 1. The van der Waals surface area contributed by atoms with E-state index in [-0.39, 0.29) is 12.7 Å². The number of nitrogens with zero attached hydrogens (tertiary/aromatic N) is 1. The van der Waals surface area contributed by atoms with Crippen molar-refractivity contribution >= 4 is 0 Å². The van der Waals surface area contributed by atoms with Gasteiger partial charge >= 0.3 is 0 Å². The van der Waals surface area contributed by atoms with Crippen LogP contribution >= 0.6 is 0 Å². The Morgan fingerprint density at radius 3 is 2.64 bits per heavy atom. The molecule has 0 spiro atoms. The van der Waals surface area contributed by atoms with Crippen molar-refractivity contribution in [3.63, 3.8) is 0 Å². The third-order valence-corrected chi connectivity index (χ3v) is 4.99. The van der Waals surface area contributed by atoms with Crippen molar-refractivity contribution in [2.45, 2.75) is 44.1 Å². The zero-order valence-electron chi connectivity index (χ0n) is 12.9. The molecule has 1 aromatic rings. The molecule has 3 aliphatic rings. The number of aliphatic hydroxyl groups excluding tert-OH is 2. The van der Waals surface area contributed by atoms with E-state index in [0.717, 1.165) is 30.7 Å². The molecule has 2 saturated heterocycles. The second kappa shape index (κ2) is 6.96. The Morgan fingerprint density at radius 1 is 1.27 bits per heavy atom. The maximum absolute atomic E-state index is 9.66. The fourth-order valence-electron chi connectivity index (χ4n) is 3.74. The predicted octanol–water partition coefficient (Wildman–Crippen LogP) is 0.730. The molecule has 1 aliphatic carbocycles. The number of nitrogens with two attached hydrogens (primary N) is 1. The van der Waals surface area contributed by atoms with E-state index in [2.05, 4.69) is 4.90 Å². The smallest absolute Gasteiger partial charge is 0.119 e. The Kier molecular flexibility index (Phi) is 4.98. The summed E-state index contributed by atoms with van der Waals surface area (Å²) in [6.45, 7) is 1.90. The van der Waals surface area contributed by atoms with Gasteiger partial charge in [0.25, 0.3) is 0 Å². The SMILES string of the molecule is NCc1ccc(OC2CC3CCC2CN3CC(O)CO)cc1. The summed E-state index contributed by atoms with van der Waals surface area (Å²) in [5.41, 5.74) is 6.73. The van der Waals surface area contributed by atoms with Gasteiger partial charge in [-0.25, -0.2) is 0 Å². The number of fused-ring (bicyclic) bond motifs is 3. The molecule has 0 radical (unpaired) electrons. The second-order valence-corrected chi connectivity index (χ2v) is 6.52. The van der Waals surface area contributed by atoms with Crippen LogP contribution in [0.2, 0.25) is 0 Å². The topological polar surface area (TPSA) is 79.0 Å². The van der Waals surface area contributed by atoms with Gasteiger partial charge in [0.2, 0.25) is 0 Å². The molecule has 2 bridgehead atoms. The van der Waals surface area contributed by atoms with Gasteiger partial charge in [-0.3, -0.25) is 4.90 Å². The van der Waals surface area contributed by atoms with Crippen molar-refractivity contribution < 1.29 is 14.9 Å². The highest BCUT2D eigenvalue weighted by atomic mass is 16.5. The van der Waals surface area contributed by atoms with Gasteiger partial charge in [0.05, 0.1) is 12.7 Å². The Hall–Kier alpha value is -1.14. The molecule has 4 N–H and O–H groups in total. The Bertz CT molecular complexity index is 479. The van der Waals surface area contributed by atoms with Crippen LogP contribution in [0.5, 0.6) is 5.75 Å². The summed E-state index contributed by atoms with van der Waals surface area (Å²) in [5, 5.41) is 18.7. The third-order valence-electron chi connectivity index (χ3n) is 4.99. The van der Waals surface area contributed by atoms with Crippen molar-refractivity contribution in [2.75, 3.05) is 19.7 Å². The van der Waals surface area contributed by atoms with E-state index in [0.29, 0.717) is 25.0 Å². The molecule has 4 rings (SSSR count). The highest BCUT2D eigenvalue weighted by Gasteiger charge is 2.41. The first kappa shape index (κ1) is 15.7. The van der Waals surface area contributed by atoms with Crippen LogP contribution in [-0.4, -0.2) is 53.1 Å². The zero-order chi connectivity index (χ0) is 15.5. The maximum atomic E-state index is 9.66. The summed E-state index contributed by atoms with van der Waals surface area (Å²) in [6.07, 6.45) is 2.96. The van der Waals surface area contributed by atoms with Crippen molar-refractivity contribution in [1.29, 1.82) is 0 Å². The largest absolute Gasteiger partial charge is 0.490 e. The van der Waals surface area contributed by atoms with Crippen LogP contribution in [0.15, 0.2) is 24.3 Å². The Labute approximate surface area is 131 Å². The molecule has 122 valence electrons. The number of hydrogen-bond acceptors (Lipinski definition) is 5. The van der Waals surface area contributed by atoms with Gasteiger partial charge in [0, 0.05) is 38.0 Å². The van der Waals surface area contributed by atoms with Crippen molar-refractivity contribution in [1.82, 2.24) is 4.90 Å². The first-order valence-corrected chi connectivity index (χ1v) is 8.18. The molecule has 5 heteroatoms. The van der Waals surface area contributed by atoms with Crippen LogP contribution in [0.3, 0.4) is 0 Å². The van der Waals surface area contributed by atoms with Gasteiger partial charge in [0.15, 0.2) is 0 Å². The quantitative estimate of drug-likeness (QED) is 0.722. The molecule has 22 heavy (non-hydrogen) atoms. The summed E-state index contributed by atoms with van der Waals surface area (Å²) >= 11 is 0.